The molecule has 0 spiro atoms. The maximum absolute atomic E-state index is 9.95. The Kier molecular flexibility index (Phi) is 2.27. The summed E-state index contributed by atoms with van der Waals surface area (Å²) in [6.07, 6.45) is 3.40. The van der Waals surface area contributed by atoms with Gasteiger partial charge in [-0.15, -0.1) is 0 Å². The molecule has 0 aromatic heterocycles. The minimum absolute atomic E-state index is 0.166. The van der Waals surface area contributed by atoms with Gasteiger partial charge in [0.1, 0.15) is 11.4 Å². The van der Waals surface area contributed by atoms with Crippen LogP contribution < -0.4 is 4.74 Å². The number of rotatable bonds is 2. The molecule has 0 amide bonds. The van der Waals surface area contributed by atoms with Crippen LogP contribution in [0.2, 0.25) is 5.02 Å². The first-order valence-electron chi connectivity index (χ1n) is 6.10. The normalized spacial score (nSPS) is 23.1. The van der Waals surface area contributed by atoms with Crippen molar-refractivity contribution in [1.82, 2.24) is 0 Å². The van der Waals surface area contributed by atoms with E-state index in [1.807, 2.05) is 6.07 Å². The van der Waals surface area contributed by atoms with E-state index in [1.54, 1.807) is 0 Å². The molecule has 2 nitrogen and oxygen atoms in total. The summed E-state index contributed by atoms with van der Waals surface area (Å²) < 4.78 is 5.83. The smallest absolute Gasteiger partial charge is 0.142 e. The van der Waals surface area contributed by atoms with Gasteiger partial charge in [-0.05, 0) is 43.9 Å². The van der Waals surface area contributed by atoms with Gasteiger partial charge in [-0.1, -0.05) is 17.7 Å². The Morgan fingerprint density at radius 2 is 2.06 bits per heavy atom. The van der Waals surface area contributed by atoms with Gasteiger partial charge < -0.3 is 9.84 Å². The molecule has 0 bridgehead atoms. The standard InChI is InChI=1S/C14H17ClO2/c1-13(2)8-10-5-9(7-14(16)3-4-14)6-11(15)12(10)17-13/h5-6,16H,3-4,7-8H2,1-2H3. The van der Waals surface area contributed by atoms with Crippen molar-refractivity contribution in [3.63, 3.8) is 0 Å². The Bertz CT molecular complexity index is 475. The number of benzene rings is 1. The first kappa shape index (κ1) is 11.4. The number of hydrogen-bond donors (Lipinski definition) is 1. The van der Waals surface area contributed by atoms with Crippen LogP contribution in [0.25, 0.3) is 0 Å². The van der Waals surface area contributed by atoms with Crippen LogP contribution in [-0.2, 0) is 12.8 Å². The van der Waals surface area contributed by atoms with E-state index in [0.717, 1.165) is 30.6 Å². The van der Waals surface area contributed by atoms with E-state index < -0.39 is 5.60 Å². The molecule has 3 rings (SSSR count). The number of ether oxygens (including phenoxy) is 1. The summed E-state index contributed by atoms with van der Waals surface area (Å²) in [6.45, 7) is 4.13. The number of halogens is 1. The molecule has 0 atom stereocenters. The topological polar surface area (TPSA) is 29.5 Å². The molecule has 0 saturated heterocycles. The van der Waals surface area contributed by atoms with Crippen molar-refractivity contribution in [2.75, 3.05) is 0 Å². The van der Waals surface area contributed by atoms with Gasteiger partial charge >= 0.3 is 0 Å². The molecule has 0 unspecified atom stereocenters. The van der Waals surface area contributed by atoms with Gasteiger partial charge in [0.2, 0.25) is 0 Å². The number of hydrogen-bond acceptors (Lipinski definition) is 2. The Labute approximate surface area is 107 Å². The van der Waals surface area contributed by atoms with Crippen molar-refractivity contribution in [2.24, 2.45) is 0 Å². The fourth-order valence-electron chi connectivity index (χ4n) is 2.53. The van der Waals surface area contributed by atoms with Gasteiger partial charge in [0.15, 0.2) is 0 Å². The number of fused-ring (bicyclic) bond motifs is 1. The van der Waals surface area contributed by atoms with Crippen LogP contribution in [0.15, 0.2) is 12.1 Å². The van der Waals surface area contributed by atoms with E-state index in [9.17, 15) is 5.11 Å². The first-order valence-corrected chi connectivity index (χ1v) is 6.47. The molecule has 1 N–H and O–H groups in total. The quantitative estimate of drug-likeness (QED) is 0.876. The van der Waals surface area contributed by atoms with Crippen LogP contribution in [-0.4, -0.2) is 16.3 Å². The van der Waals surface area contributed by atoms with Crippen molar-refractivity contribution < 1.29 is 9.84 Å². The summed E-state index contributed by atoms with van der Waals surface area (Å²) in [5, 5.41) is 10.6. The Balaban J connectivity index is 1.92. The average Bonchev–Trinajstić information content (AvgIpc) is 2.79. The minimum atomic E-state index is -0.466. The molecule has 1 heterocycles. The van der Waals surface area contributed by atoms with E-state index >= 15 is 0 Å². The second-order valence-electron chi connectivity index (χ2n) is 6.01. The molecule has 17 heavy (non-hydrogen) atoms. The zero-order valence-electron chi connectivity index (χ0n) is 10.2. The SMILES string of the molecule is CC1(C)Cc2cc(CC3(O)CC3)cc(Cl)c2O1. The summed E-state index contributed by atoms with van der Waals surface area (Å²) in [4.78, 5) is 0. The van der Waals surface area contributed by atoms with Crippen molar-refractivity contribution in [3.05, 3.63) is 28.3 Å². The monoisotopic (exact) mass is 252 g/mol. The van der Waals surface area contributed by atoms with Gasteiger partial charge in [-0.2, -0.15) is 0 Å². The Morgan fingerprint density at radius 1 is 1.35 bits per heavy atom. The highest BCUT2D eigenvalue weighted by Gasteiger charge is 2.41. The van der Waals surface area contributed by atoms with Crippen molar-refractivity contribution >= 4 is 11.6 Å². The van der Waals surface area contributed by atoms with Gasteiger partial charge in [0, 0.05) is 12.8 Å². The van der Waals surface area contributed by atoms with E-state index in [2.05, 4.69) is 19.9 Å². The van der Waals surface area contributed by atoms with Crippen LogP contribution in [0, 0.1) is 0 Å². The van der Waals surface area contributed by atoms with E-state index in [4.69, 9.17) is 16.3 Å². The lowest BCUT2D eigenvalue weighted by Gasteiger charge is -2.17. The van der Waals surface area contributed by atoms with Crippen molar-refractivity contribution in [3.8, 4) is 5.75 Å². The van der Waals surface area contributed by atoms with Crippen LogP contribution in [0.5, 0.6) is 5.75 Å². The molecule has 2 aliphatic rings. The van der Waals surface area contributed by atoms with Crippen molar-refractivity contribution in [1.29, 1.82) is 0 Å². The van der Waals surface area contributed by atoms with Crippen molar-refractivity contribution in [2.45, 2.75) is 50.7 Å². The third-order valence-corrected chi connectivity index (χ3v) is 3.82. The highest BCUT2D eigenvalue weighted by atomic mass is 35.5. The molecular weight excluding hydrogens is 236 g/mol. The molecule has 1 aromatic rings. The predicted molar refractivity (Wildman–Crippen MR) is 67.8 cm³/mol. The highest BCUT2D eigenvalue weighted by molar-refractivity contribution is 6.32. The lowest BCUT2D eigenvalue weighted by atomic mass is 9.98. The minimum Gasteiger partial charge on any atom is -0.486 e. The molecule has 1 aliphatic heterocycles. The second-order valence-corrected chi connectivity index (χ2v) is 6.41. The number of aliphatic hydroxyl groups is 1. The Morgan fingerprint density at radius 3 is 2.71 bits per heavy atom. The third kappa shape index (κ3) is 2.16. The maximum Gasteiger partial charge on any atom is 0.142 e. The maximum atomic E-state index is 9.95. The summed E-state index contributed by atoms with van der Waals surface area (Å²) in [5.41, 5.74) is 1.66. The summed E-state index contributed by atoms with van der Waals surface area (Å²) >= 11 is 6.24. The Hall–Kier alpha value is -0.730. The first-order chi connectivity index (χ1) is 7.87. The molecule has 92 valence electrons. The van der Waals surface area contributed by atoms with E-state index in [0.29, 0.717) is 11.4 Å². The third-order valence-electron chi connectivity index (χ3n) is 3.54. The van der Waals surface area contributed by atoms with Gasteiger partial charge in [-0.3, -0.25) is 0 Å². The van der Waals surface area contributed by atoms with Gasteiger partial charge in [-0.25, -0.2) is 0 Å². The lowest BCUT2D eigenvalue weighted by Crippen LogP contribution is -2.24. The lowest BCUT2D eigenvalue weighted by molar-refractivity contribution is 0.138. The molecule has 1 aromatic carbocycles. The summed E-state index contributed by atoms with van der Waals surface area (Å²) in [7, 11) is 0. The van der Waals surface area contributed by atoms with Gasteiger partial charge in [0.05, 0.1) is 10.6 Å². The van der Waals surface area contributed by atoms with E-state index in [-0.39, 0.29) is 5.60 Å². The van der Waals surface area contributed by atoms with E-state index in [1.165, 1.54) is 5.56 Å². The van der Waals surface area contributed by atoms with Crippen LogP contribution >= 0.6 is 11.6 Å². The summed E-state index contributed by atoms with van der Waals surface area (Å²) in [6, 6.07) is 4.06. The van der Waals surface area contributed by atoms with Crippen LogP contribution in [0.4, 0.5) is 0 Å². The zero-order valence-corrected chi connectivity index (χ0v) is 11.0. The fourth-order valence-corrected chi connectivity index (χ4v) is 2.83. The zero-order chi connectivity index (χ0) is 12.3. The second kappa shape index (κ2) is 3.39. The molecule has 1 fully saturated rings. The predicted octanol–water partition coefficient (Wildman–Crippen LogP) is 3.12. The van der Waals surface area contributed by atoms with Crippen LogP contribution in [0.1, 0.15) is 37.8 Å². The summed E-state index contributed by atoms with van der Waals surface area (Å²) in [5.74, 6) is 0.822. The highest BCUT2D eigenvalue weighted by Crippen LogP contribution is 2.43. The molecule has 0 radical (unpaired) electrons. The van der Waals surface area contributed by atoms with Crippen LogP contribution in [0.3, 0.4) is 0 Å². The molecule has 1 saturated carbocycles. The largest absolute Gasteiger partial charge is 0.486 e. The average molecular weight is 253 g/mol. The fraction of sp³-hybridized carbons (Fsp3) is 0.571. The molecule has 3 heteroatoms. The molecule has 1 aliphatic carbocycles. The van der Waals surface area contributed by atoms with Gasteiger partial charge in [0.25, 0.3) is 0 Å². The molecular formula is C14H17ClO2.